The maximum atomic E-state index is 12.6. The first-order chi connectivity index (χ1) is 8.40. The van der Waals surface area contributed by atoms with Crippen molar-refractivity contribution in [1.29, 1.82) is 0 Å². The van der Waals surface area contributed by atoms with Crippen molar-refractivity contribution in [3.05, 3.63) is 11.4 Å². The highest BCUT2D eigenvalue weighted by Crippen LogP contribution is 2.60. The molecule has 2 atom stereocenters. The van der Waals surface area contributed by atoms with Crippen molar-refractivity contribution in [3.63, 3.8) is 0 Å². The molecule has 0 radical (unpaired) electrons. The molecule has 2 unspecified atom stereocenters. The fourth-order valence-corrected chi connectivity index (χ4v) is 5.24. The topological polar surface area (TPSA) is 66.1 Å². The zero-order valence-corrected chi connectivity index (χ0v) is 11.8. The van der Waals surface area contributed by atoms with E-state index in [2.05, 4.69) is 17.1 Å². The van der Waals surface area contributed by atoms with Gasteiger partial charge in [0.25, 0.3) is 0 Å². The number of rotatable bonds is 3. The number of hydrogen-bond acceptors (Lipinski definition) is 3. The number of nitrogens with zero attached hydrogens (tertiary/aromatic N) is 2. The van der Waals surface area contributed by atoms with E-state index in [1.54, 1.807) is 18.2 Å². The number of aromatic nitrogens is 2. The van der Waals surface area contributed by atoms with Gasteiger partial charge >= 0.3 is 0 Å². The summed E-state index contributed by atoms with van der Waals surface area (Å²) in [6.45, 7) is 7.02. The summed E-state index contributed by atoms with van der Waals surface area (Å²) in [5, 5.41) is 6.75. The van der Waals surface area contributed by atoms with Crippen LogP contribution in [0.15, 0.2) is 4.90 Å². The lowest BCUT2D eigenvalue weighted by molar-refractivity contribution is 0.393. The lowest BCUT2D eigenvalue weighted by Crippen LogP contribution is -2.32. The molecule has 6 heteroatoms. The van der Waals surface area contributed by atoms with Crippen molar-refractivity contribution < 1.29 is 8.42 Å². The molecule has 1 N–H and O–H groups in total. The molecule has 1 aromatic rings. The van der Waals surface area contributed by atoms with E-state index in [0.717, 1.165) is 6.42 Å². The summed E-state index contributed by atoms with van der Waals surface area (Å²) in [5.74, 6) is 0.574. The molecule has 18 heavy (non-hydrogen) atoms. The van der Waals surface area contributed by atoms with Crippen LogP contribution >= 0.6 is 0 Å². The van der Waals surface area contributed by atoms with Gasteiger partial charge < -0.3 is 0 Å². The third-order valence-corrected chi connectivity index (χ3v) is 6.71. The Labute approximate surface area is 108 Å². The normalized spacial score (nSPS) is 31.6. The molecule has 2 aliphatic rings. The van der Waals surface area contributed by atoms with Crippen LogP contribution in [-0.2, 0) is 10.0 Å². The van der Waals surface area contributed by atoms with Gasteiger partial charge in [0.2, 0.25) is 10.0 Å². The molecule has 5 nitrogen and oxygen atoms in total. The summed E-state index contributed by atoms with van der Waals surface area (Å²) in [6.07, 6.45) is 2.27. The third kappa shape index (κ3) is 1.48. The van der Waals surface area contributed by atoms with Gasteiger partial charge in [-0.3, -0.25) is 5.10 Å². The van der Waals surface area contributed by atoms with Crippen LogP contribution in [0, 0.1) is 25.2 Å². The Morgan fingerprint density at radius 2 is 2.22 bits per heavy atom. The molecule has 0 bridgehead atoms. The quantitative estimate of drug-likeness (QED) is 0.903. The van der Waals surface area contributed by atoms with Crippen molar-refractivity contribution in [2.75, 3.05) is 13.1 Å². The van der Waals surface area contributed by atoms with Crippen molar-refractivity contribution >= 4 is 10.0 Å². The van der Waals surface area contributed by atoms with Crippen LogP contribution in [0.3, 0.4) is 0 Å². The number of piperidine rings is 1. The van der Waals surface area contributed by atoms with Gasteiger partial charge in [0.1, 0.15) is 4.90 Å². The summed E-state index contributed by atoms with van der Waals surface area (Å²) < 4.78 is 26.9. The molecule has 0 amide bonds. The van der Waals surface area contributed by atoms with Crippen LogP contribution in [-0.4, -0.2) is 36.0 Å². The zero-order chi connectivity index (χ0) is 13.1. The molecule has 2 fully saturated rings. The standard InChI is InChI=1S/C12H19N3O2S/c1-4-12-5-10(12)6-15(7-12)18(16,17)11-8(2)13-14-9(11)3/h10H,4-7H2,1-3H3,(H,13,14). The molecular formula is C12H19N3O2S. The van der Waals surface area contributed by atoms with Crippen LogP contribution in [0.1, 0.15) is 31.2 Å². The minimum absolute atomic E-state index is 0.276. The minimum atomic E-state index is -3.37. The lowest BCUT2D eigenvalue weighted by Gasteiger charge is -2.20. The van der Waals surface area contributed by atoms with Gasteiger partial charge in [-0.2, -0.15) is 9.40 Å². The Morgan fingerprint density at radius 3 is 2.72 bits per heavy atom. The Hall–Kier alpha value is -0.880. The molecule has 0 aromatic carbocycles. The van der Waals surface area contributed by atoms with Crippen molar-refractivity contribution in [3.8, 4) is 0 Å². The maximum Gasteiger partial charge on any atom is 0.246 e. The van der Waals surface area contributed by atoms with E-state index < -0.39 is 10.0 Å². The van der Waals surface area contributed by atoms with E-state index in [9.17, 15) is 8.42 Å². The number of aromatic amines is 1. The second-order valence-electron chi connectivity index (χ2n) is 5.68. The van der Waals surface area contributed by atoms with Crippen LogP contribution in [0.25, 0.3) is 0 Å². The average molecular weight is 269 g/mol. The first-order valence-electron chi connectivity index (χ1n) is 6.42. The number of aryl methyl sites for hydroxylation is 2. The molecule has 1 aromatic heterocycles. The summed E-state index contributed by atoms with van der Waals surface area (Å²) in [6, 6.07) is 0. The second kappa shape index (κ2) is 3.57. The number of fused-ring (bicyclic) bond motifs is 1. The van der Waals surface area contributed by atoms with Crippen LogP contribution < -0.4 is 0 Å². The predicted octanol–water partition coefficient (Wildman–Crippen LogP) is 1.45. The molecule has 100 valence electrons. The van der Waals surface area contributed by atoms with Gasteiger partial charge in [-0.25, -0.2) is 8.42 Å². The largest absolute Gasteiger partial charge is 0.281 e. The monoisotopic (exact) mass is 269 g/mol. The average Bonchev–Trinajstić information content (AvgIpc) is 2.69. The lowest BCUT2D eigenvalue weighted by atomic mass is 10.0. The van der Waals surface area contributed by atoms with Gasteiger partial charge in [-0.15, -0.1) is 0 Å². The second-order valence-corrected chi connectivity index (χ2v) is 7.55. The molecule has 2 heterocycles. The fraction of sp³-hybridized carbons (Fsp3) is 0.750. The zero-order valence-electron chi connectivity index (χ0n) is 11.0. The van der Waals surface area contributed by atoms with Crippen LogP contribution in [0.5, 0.6) is 0 Å². The van der Waals surface area contributed by atoms with Gasteiger partial charge in [-0.05, 0) is 38.0 Å². The summed E-state index contributed by atoms with van der Waals surface area (Å²) in [4.78, 5) is 0.370. The SMILES string of the molecule is CCC12CC1CN(S(=O)(=O)c1c(C)n[nH]c1C)C2. The molecular weight excluding hydrogens is 250 g/mol. The van der Waals surface area contributed by atoms with E-state index >= 15 is 0 Å². The molecule has 1 saturated carbocycles. The van der Waals surface area contributed by atoms with Gasteiger partial charge in [-0.1, -0.05) is 6.92 Å². The highest BCUT2D eigenvalue weighted by atomic mass is 32.2. The fourth-order valence-electron chi connectivity index (χ4n) is 3.32. The predicted molar refractivity (Wildman–Crippen MR) is 67.7 cm³/mol. The maximum absolute atomic E-state index is 12.6. The Balaban J connectivity index is 1.94. The molecule has 3 rings (SSSR count). The summed E-state index contributed by atoms with van der Waals surface area (Å²) >= 11 is 0. The van der Waals surface area contributed by atoms with E-state index in [1.165, 1.54) is 6.42 Å². The Bertz CT molecular complexity index is 569. The first-order valence-corrected chi connectivity index (χ1v) is 7.86. The first kappa shape index (κ1) is 12.2. The number of hydrogen-bond donors (Lipinski definition) is 1. The van der Waals surface area contributed by atoms with Gasteiger partial charge in [0, 0.05) is 13.1 Å². The Kier molecular flexibility index (Phi) is 2.41. The minimum Gasteiger partial charge on any atom is -0.281 e. The molecule has 1 saturated heterocycles. The molecule has 1 aliphatic carbocycles. The van der Waals surface area contributed by atoms with Crippen LogP contribution in [0.4, 0.5) is 0 Å². The van der Waals surface area contributed by atoms with Crippen LogP contribution in [0.2, 0.25) is 0 Å². The van der Waals surface area contributed by atoms with E-state index in [-0.39, 0.29) is 5.41 Å². The highest BCUT2D eigenvalue weighted by molar-refractivity contribution is 7.89. The van der Waals surface area contributed by atoms with Gasteiger partial charge in [0.15, 0.2) is 0 Å². The van der Waals surface area contributed by atoms with E-state index in [0.29, 0.717) is 35.3 Å². The van der Waals surface area contributed by atoms with Crippen molar-refractivity contribution in [2.24, 2.45) is 11.3 Å². The van der Waals surface area contributed by atoms with Gasteiger partial charge in [0.05, 0.1) is 11.4 Å². The van der Waals surface area contributed by atoms with E-state index in [4.69, 9.17) is 0 Å². The van der Waals surface area contributed by atoms with Crippen molar-refractivity contribution in [1.82, 2.24) is 14.5 Å². The third-order valence-electron chi connectivity index (χ3n) is 4.64. The molecule has 1 aliphatic heterocycles. The summed E-state index contributed by atoms with van der Waals surface area (Å²) in [7, 11) is -3.37. The molecule has 0 spiro atoms. The number of H-pyrrole nitrogens is 1. The van der Waals surface area contributed by atoms with Crippen molar-refractivity contribution in [2.45, 2.75) is 38.5 Å². The smallest absolute Gasteiger partial charge is 0.246 e. The number of sulfonamides is 1. The van der Waals surface area contributed by atoms with E-state index in [1.807, 2.05) is 0 Å². The Morgan fingerprint density at radius 1 is 1.50 bits per heavy atom. The number of nitrogens with one attached hydrogen (secondary N) is 1. The highest BCUT2D eigenvalue weighted by Gasteiger charge is 2.60. The summed E-state index contributed by atoms with van der Waals surface area (Å²) in [5.41, 5.74) is 1.48.